The second-order valence-corrected chi connectivity index (χ2v) is 5.48. The SMILES string of the molecule is Cc1cc(F)ccc1-n1cc(O)c(C(=O)NCC(O)c2ccco2)n1. The van der Waals surface area contributed by atoms with Crippen molar-refractivity contribution in [2.75, 3.05) is 6.54 Å². The van der Waals surface area contributed by atoms with Crippen LogP contribution < -0.4 is 5.32 Å². The zero-order chi connectivity index (χ0) is 18.0. The molecule has 3 rings (SSSR count). The van der Waals surface area contributed by atoms with Crippen molar-refractivity contribution in [1.29, 1.82) is 0 Å². The van der Waals surface area contributed by atoms with Crippen LogP contribution in [-0.2, 0) is 0 Å². The van der Waals surface area contributed by atoms with E-state index in [2.05, 4.69) is 10.4 Å². The van der Waals surface area contributed by atoms with E-state index < -0.39 is 12.0 Å². The predicted octanol–water partition coefficient (Wildman–Crippen LogP) is 2.08. The molecule has 0 bridgehead atoms. The van der Waals surface area contributed by atoms with E-state index in [0.717, 1.165) is 0 Å². The van der Waals surface area contributed by atoms with Crippen molar-refractivity contribution in [3.8, 4) is 11.4 Å². The molecule has 0 radical (unpaired) electrons. The molecule has 7 nitrogen and oxygen atoms in total. The van der Waals surface area contributed by atoms with Gasteiger partial charge in [0.1, 0.15) is 17.7 Å². The smallest absolute Gasteiger partial charge is 0.275 e. The quantitative estimate of drug-likeness (QED) is 0.657. The number of aliphatic hydroxyl groups is 1. The monoisotopic (exact) mass is 345 g/mol. The highest BCUT2D eigenvalue weighted by Crippen LogP contribution is 2.21. The van der Waals surface area contributed by atoms with Crippen molar-refractivity contribution in [2.45, 2.75) is 13.0 Å². The number of rotatable bonds is 5. The standard InChI is InChI=1S/C17H16FN3O4/c1-10-7-11(18)4-5-12(10)21-9-14(23)16(20-21)17(24)19-8-13(22)15-3-2-6-25-15/h2-7,9,13,22-23H,8H2,1H3,(H,19,24). The molecule has 8 heteroatoms. The van der Waals surface area contributed by atoms with E-state index in [9.17, 15) is 19.4 Å². The zero-order valence-electron chi connectivity index (χ0n) is 13.3. The highest BCUT2D eigenvalue weighted by molar-refractivity contribution is 5.94. The van der Waals surface area contributed by atoms with Crippen molar-refractivity contribution in [3.63, 3.8) is 0 Å². The van der Waals surface area contributed by atoms with Crippen LogP contribution in [-0.4, -0.2) is 32.4 Å². The number of aromatic nitrogens is 2. The Morgan fingerprint density at radius 3 is 2.92 bits per heavy atom. The summed E-state index contributed by atoms with van der Waals surface area (Å²) in [4.78, 5) is 12.2. The number of halogens is 1. The molecule has 130 valence electrons. The molecule has 0 aliphatic rings. The number of aromatic hydroxyl groups is 1. The van der Waals surface area contributed by atoms with E-state index >= 15 is 0 Å². The molecule has 25 heavy (non-hydrogen) atoms. The minimum absolute atomic E-state index is 0.103. The first-order chi connectivity index (χ1) is 12.0. The molecule has 1 aromatic carbocycles. The predicted molar refractivity (Wildman–Crippen MR) is 85.9 cm³/mol. The first-order valence-corrected chi connectivity index (χ1v) is 7.50. The maximum Gasteiger partial charge on any atom is 0.275 e. The van der Waals surface area contributed by atoms with Gasteiger partial charge in [0.05, 0.1) is 24.7 Å². The third-order valence-electron chi connectivity index (χ3n) is 3.64. The van der Waals surface area contributed by atoms with Gasteiger partial charge < -0.3 is 19.9 Å². The number of nitrogens with zero attached hydrogens (tertiary/aromatic N) is 2. The van der Waals surface area contributed by atoms with Gasteiger partial charge in [-0.2, -0.15) is 5.10 Å². The average molecular weight is 345 g/mol. The highest BCUT2D eigenvalue weighted by Gasteiger charge is 2.19. The van der Waals surface area contributed by atoms with Gasteiger partial charge in [-0.1, -0.05) is 0 Å². The third-order valence-corrected chi connectivity index (χ3v) is 3.64. The van der Waals surface area contributed by atoms with Crippen molar-refractivity contribution in [2.24, 2.45) is 0 Å². The summed E-state index contributed by atoms with van der Waals surface area (Å²) >= 11 is 0. The van der Waals surface area contributed by atoms with Gasteiger partial charge in [-0.3, -0.25) is 4.79 Å². The lowest BCUT2D eigenvalue weighted by Crippen LogP contribution is -2.28. The molecular formula is C17H16FN3O4. The van der Waals surface area contributed by atoms with Crippen molar-refractivity contribution in [3.05, 3.63) is 65.6 Å². The number of amides is 1. The molecule has 0 aliphatic carbocycles. The van der Waals surface area contributed by atoms with E-state index in [-0.39, 0.29) is 23.8 Å². The first kappa shape index (κ1) is 16.7. The fraction of sp³-hybridized carbons (Fsp3) is 0.176. The molecule has 0 aliphatic heterocycles. The van der Waals surface area contributed by atoms with Crippen LogP contribution in [0.15, 0.2) is 47.2 Å². The van der Waals surface area contributed by atoms with E-state index in [1.807, 2.05) is 0 Å². The Labute approximate surface area is 142 Å². The summed E-state index contributed by atoms with van der Waals surface area (Å²) in [7, 11) is 0. The van der Waals surface area contributed by atoms with E-state index in [0.29, 0.717) is 17.0 Å². The summed E-state index contributed by atoms with van der Waals surface area (Å²) in [5.74, 6) is -1.05. The van der Waals surface area contributed by atoms with Crippen molar-refractivity contribution in [1.82, 2.24) is 15.1 Å². The molecule has 3 N–H and O–H groups in total. The maximum atomic E-state index is 13.2. The Bertz CT molecular complexity index is 889. The summed E-state index contributed by atoms with van der Waals surface area (Å²) in [6, 6.07) is 7.30. The number of carbonyl (C=O) groups excluding carboxylic acids is 1. The van der Waals surface area contributed by atoms with Crippen LogP contribution in [0.5, 0.6) is 5.75 Å². The molecule has 3 aromatic rings. The Kier molecular flexibility index (Phi) is 4.53. The Balaban J connectivity index is 1.74. The topological polar surface area (TPSA) is 101 Å². The third kappa shape index (κ3) is 3.53. The second-order valence-electron chi connectivity index (χ2n) is 5.48. The van der Waals surface area contributed by atoms with E-state index in [1.165, 1.54) is 35.3 Å². The Morgan fingerprint density at radius 1 is 1.44 bits per heavy atom. The van der Waals surface area contributed by atoms with Gasteiger partial charge in [0.25, 0.3) is 5.91 Å². The number of furan rings is 1. The second kappa shape index (κ2) is 6.78. The maximum absolute atomic E-state index is 13.2. The highest BCUT2D eigenvalue weighted by atomic mass is 19.1. The van der Waals surface area contributed by atoms with E-state index in [1.54, 1.807) is 19.1 Å². The number of carbonyl (C=O) groups is 1. The van der Waals surface area contributed by atoms with Gasteiger partial charge >= 0.3 is 0 Å². The number of aliphatic hydroxyl groups excluding tert-OH is 1. The lowest BCUT2D eigenvalue weighted by molar-refractivity contribution is 0.0893. The largest absolute Gasteiger partial charge is 0.504 e. The summed E-state index contributed by atoms with van der Waals surface area (Å²) in [6.07, 6.45) is 1.67. The number of nitrogens with one attached hydrogen (secondary N) is 1. The molecule has 2 heterocycles. The molecule has 1 atom stereocenters. The lowest BCUT2D eigenvalue weighted by atomic mass is 10.2. The van der Waals surface area contributed by atoms with E-state index in [4.69, 9.17) is 4.42 Å². The number of benzene rings is 1. The number of aryl methyl sites for hydroxylation is 1. The van der Waals surface area contributed by atoms with Crippen LogP contribution in [0.1, 0.15) is 27.9 Å². The van der Waals surface area contributed by atoms with Gasteiger partial charge in [-0.25, -0.2) is 9.07 Å². The van der Waals surface area contributed by atoms with Gasteiger partial charge in [-0.15, -0.1) is 0 Å². The van der Waals surface area contributed by atoms with Crippen LogP contribution in [0.4, 0.5) is 4.39 Å². The fourth-order valence-corrected chi connectivity index (χ4v) is 2.38. The molecule has 0 spiro atoms. The van der Waals surface area contributed by atoms with Crippen LogP contribution in [0.2, 0.25) is 0 Å². The van der Waals surface area contributed by atoms with Gasteiger partial charge in [0.2, 0.25) is 0 Å². The molecule has 0 fully saturated rings. The van der Waals surface area contributed by atoms with Crippen LogP contribution in [0, 0.1) is 12.7 Å². The molecular weight excluding hydrogens is 329 g/mol. The minimum Gasteiger partial charge on any atom is -0.504 e. The number of hydrogen-bond acceptors (Lipinski definition) is 5. The van der Waals surface area contributed by atoms with Crippen molar-refractivity contribution >= 4 is 5.91 Å². The molecule has 1 amide bonds. The summed E-state index contributed by atoms with van der Waals surface area (Å²) < 4.78 is 19.5. The average Bonchev–Trinajstić information content (AvgIpc) is 3.22. The summed E-state index contributed by atoms with van der Waals surface area (Å²) in [5, 5.41) is 26.4. The molecule has 2 aromatic heterocycles. The van der Waals surface area contributed by atoms with Crippen LogP contribution in [0.3, 0.4) is 0 Å². The Morgan fingerprint density at radius 2 is 2.24 bits per heavy atom. The molecule has 1 unspecified atom stereocenters. The van der Waals surface area contributed by atoms with Crippen LogP contribution >= 0.6 is 0 Å². The van der Waals surface area contributed by atoms with Crippen molar-refractivity contribution < 1.29 is 23.8 Å². The van der Waals surface area contributed by atoms with Gasteiger partial charge in [0, 0.05) is 0 Å². The first-order valence-electron chi connectivity index (χ1n) is 7.50. The Hall–Kier alpha value is -3.13. The zero-order valence-corrected chi connectivity index (χ0v) is 13.3. The fourth-order valence-electron chi connectivity index (χ4n) is 2.38. The lowest BCUT2D eigenvalue weighted by Gasteiger charge is -2.08. The summed E-state index contributed by atoms with van der Waals surface area (Å²) in [5.41, 5.74) is 0.935. The van der Waals surface area contributed by atoms with Crippen LogP contribution in [0.25, 0.3) is 5.69 Å². The van der Waals surface area contributed by atoms with Gasteiger partial charge in [-0.05, 0) is 42.8 Å². The molecule has 0 saturated carbocycles. The minimum atomic E-state index is -1.01. The normalized spacial score (nSPS) is 12.1. The molecule has 0 saturated heterocycles. The number of hydrogen-bond donors (Lipinski definition) is 3. The van der Waals surface area contributed by atoms with Gasteiger partial charge in [0.15, 0.2) is 11.4 Å². The summed E-state index contributed by atoms with van der Waals surface area (Å²) in [6.45, 7) is 1.59.